The highest BCUT2D eigenvalue weighted by atomic mass is 32.1. The zero-order chi connectivity index (χ0) is 27.0. The Balaban J connectivity index is 1.38. The van der Waals surface area contributed by atoms with Gasteiger partial charge in [-0.3, -0.25) is 14.8 Å². The fraction of sp³-hybridized carbons (Fsp3) is 0.148. The lowest BCUT2D eigenvalue weighted by Gasteiger charge is -2.14. The number of nitrogens with one attached hydrogen (secondary N) is 1. The zero-order valence-corrected chi connectivity index (χ0v) is 21.8. The molecular formula is C27H21F2N3O4S2. The van der Waals surface area contributed by atoms with Crippen LogP contribution in [0.4, 0.5) is 19.4 Å². The molecule has 11 heteroatoms. The van der Waals surface area contributed by atoms with Crippen LogP contribution in [-0.4, -0.2) is 26.9 Å². The number of benzene rings is 2. The first-order valence-corrected chi connectivity index (χ1v) is 13.1. The molecular weight excluding hydrogens is 532 g/mol. The number of hydrogen-bond acceptors (Lipinski definition) is 6. The van der Waals surface area contributed by atoms with Gasteiger partial charge in [0.05, 0.1) is 18.2 Å². The number of aromatic nitrogens is 2. The van der Waals surface area contributed by atoms with E-state index in [1.54, 1.807) is 30.9 Å². The van der Waals surface area contributed by atoms with Gasteiger partial charge < -0.3 is 9.84 Å². The molecule has 7 nitrogen and oxygen atoms in total. The maximum Gasteiger partial charge on any atom is 0.413 e. The minimum atomic E-state index is -1.23. The Morgan fingerprint density at radius 1 is 1.03 bits per heavy atom. The van der Waals surface area contributed by atoms with E-state index in [0.717, 1.165) is 19.8 Å². The van der Waals surface area contributed by atoms with E-state index in [1.165, 1.54) is 34.8 Å². The first kappa shape index (κ1) is 25.6. The molecule has 2 aromatic carbocycles. The maximum atomic E-state index is 14.7. The fourth-order valence-electron chi connectivity index (χ4n) is 4.03. The number of fused-ring (bicyclic) bond motifs is 1. The standard InChI is InChI=1S/C27H21F2N3O4S2/c1-14(15-6-4-3-5-7-15)36-27(35)31-26-18(13-30-32(26)2)20-12-22-21(38-20)11-19(37-22)17-9-8-16(10-23(33)34)24(28)25(17)29/h3-9,11-14H,10H2,1-2H3,(H,31,35)(H,33,34). The van der Waals surface area contributed by atoms with Crippen LogP contribution >= 0.6 is 22.7 Å². The number of halogens is 2. The summed E-state index contributed by atoms with van der Waals surface area (Å²) in [6.45, 7) is 1.79. The number of carboxylic acids is 1. The van der Waals surface area contributed by atoms with Crippen LogP contribution in [0.15, 0.2) is 60.8 Å². The monoisotopic (exact) mass is 553 g/mol. The van der Waals surface area contributed by atoms with Crippen molar-refractivity contribution in [3.63, 3.8) is 0 Å². The van der Waals surface area contributed by atoms with Crippen LogP contribution in [-0.2, 0) is 23.0 Å². The highest BCUT2D eigenvalue weighted by Crippen LogP contribution is 2.44. The number of thiophene rings is 2. The number of rotatable bonds is 7. The van der Waals surface area contributed by atoms with Gasteiger partial charge in [0.15, 0.2) is 11.6 Å². The third-order valence-electron chi connectivity index (χ3n) is 5.95. The number of amides is 1. The highest BCUT2D eigenvalue weighted by molar-refractivity contribution is 7.31. The summed E-state index contributed by atoms with van der Waals surface area (Å²) >= 11 is 2.71. The molecule has 0 saturated carbocycles. The molecule has 3 aromatic heterocycles. The molecule has 0 fully saturated rings. The molecule has 0 aliphatic rings. The Labute approximate surface area is 223 Å². The van der Waals surface area contributed by atoms with E-state index in [1.807, 2.05) is 36.4 Å². The predicted octanol–water partition coefficient (Wildman–Crippen LogP) is 7.25. The van der Waals surface area contributed by atoms with Gasteiger partial charge in [0, 0.05) is 37.3 Å². The topological polar surface area (TPSA) is 93.4 Å². The van der Waals surface area contributed by atoms with E-state index in [9.17, 15) is 18.4 Å². The van der Waals surface area contributed by atoms with Crippen LogP contribution in [0.2, 0.25) is 0 Å². The van der Waals surface area contributed by atoms with E-state index in [0.29, 0.717) is 16.3 Å². The zero-order valence-electron chi connectivity index (χ0n) is 20.2. The van der Waals surface area contributed by atoms with E-state index >= 15 is 0 Å². The van der Waals surface area contributed by atoms with Crippen molar-refractivity contribution in [3.05, 3.63) is 83.6 Å². The molecule has 2 N–H and O–H groups in total. The van der Waals surface area contributed by atoms with Crippen LogP contribution in [0.5, 0.6) is 0 Å². The molecule has 38 heavy (non-hydrogen) atoms. The van der Waals surface area contributed by atoms with Crippen molar-refractivity contribution in [2.45, 2.75) is 19.4 Å². The van der Waals surface area contributed by atoms with Gasteiger partial charge in [-0.15, -0.1) is 22.7 Å². The number of carboxylic acid groups (broad SMARTS) is 1. The van der Waals surface area contributed by atoms with Crippen molar-refractivity contribution in [3.8, 4) is 20.9 Å². The van der Waals surface area contributed by atoms with Crippen molar-refractivity contribution in [2.75, 3.05) is 5.32 Å². The summed E-state index contributed by atoms with van der Waals surface area (Å²) in [4.78, 5) is 24.9. The molecule has 194 valence electrons. The maximum absolute atomic E-state index is 14.7. The van der Waals surface area contributed by atoms with Gasteiger partial charge in [0.25, 0.3) is 0 Å². The van der Waals surface area contributed by atoms with Crippen molar-refractivity contribution >= 4 is 50.0 Å². The summed E-state index contributed by atoms with van der Waals surface area (Å²) in [5, 5.41) is 15.9. The van der Waals surface area contributed by atoms with E-state index < -0.39 is 36.2 Å². The number of nitrogens with zero attached hydrogens (tertiary/aromatic N) is 2. The van der Waals surface area contributed by atoms with Crippen LogP contribution in [0.25, 0.3) is 30.3 Å². The summed E-state index contributed by atoms with van der Waals surface area (Å²) in [7, 11) is 1.71. The van der Waals surface area contributed by atoms with Crippen molar-refractivity contribution in [1.82, 2.24) is 9.78 Å². The molecule has 0 radical (unpaired) electrons. The average molecular weight is 554 g/mol. The average Bonchev–Trinajstić information content (AvgIpc) is 3.56. The first-order valence-electron chi connectivity index (χ1n) is 11.5. The molecule has 0 aliphatic carbocycles. The van der Waals surface area contributed by atoms with Gasteiger partial charge in [0.2, 0.25) is 0 Å². The minimum absolute atomic E-state index is 0.0746. The number of hydrogen-bond donors (Lipinski definition) is 2. The van der Waals surface area contributed by atoms with Crippen molar-refractivity contribution < 1.29 is 28.2 Å². The molecule has 1 amide bonds. The van der Waals surface area contributed by atoms with Gasteiger partial charge in [0.1, 0.15) is 11.9 Å². The Bertz CT molecular complexity index is 1630. The molecule has 5 aromatic rings. The van der Waals surface area contributed by atoms with Crippen LogP contribution in [0.1, 0.15) is 24.2 Å². The normalized spacial score (nSPS) is 12.0. The molecule has 0 bridgehead atoms. The van der Waals surface area contributed by atoms with Crippen LogP contribution in [0.3, 0.4) is 0 Å². The van der Waals surface area contributed by atoms with E-state index in [4.69, 9.17) is 9.84 Å². The Morgan fingerprint density at radius 3 is 2.34 bits per heavy atom. The second kappa shape index (κ2) is 10.3. The molecule has 0 saturated heterocycles. The Kier molecular flexibility index (Phi) is 6.96. The third kappa shape index (κ3) is 5.02. The third-order valence-corrected chi connectivity index (χ3v) is 8.31. The SMILES string of the molecule is CC(OC(=O)Nc1c(-c2cc3sc(-c4ccc(CC(=O)O)c(F)c4F)cc3s2)cnn1C)c1ccccc1. The number of carbonyl (C=O) groups is 2. The molecule has 1 unspecified atom stereocenters. The molecule has 0 aliphatic heterocycles. The lowest BCUT2D eigenvalue weighted by molar-refractivity contribution is -0.136. The smallest absolute Gasteiger partial charge is 0.413 e. The van der Waals surface area contributed by atoms with Gasteiger partial charge in [-0.25, -0.2) is 13.6 Å². The quantitative estimate of drug-likeness (QED) is 0.222. The number of carbonyl (C=O) groups excluding carboxylic acids is 1. The van der Waals surface area contributed by atoms with Gasteiger partial charge in [-0.1, -0.05) is 42.5 Å². The molecule has 5 rings (SSSR count). The van der Waals surface area contributed by atoms with Crippen LogP contribution < -0.4 is 5.32 Å². The second-order valence-corrected chi connectivity index (χ2v) is 10.7. The second-order valence-electron chi connectivity index (χ2n) is 8.53. The van der Waals surface area contributed by atoms with Gasteiger partial charge in [-0.2, -0.15) is 5.10 Å². The summed E-state index contributed by atoms with van der Waals surface area (Å²) in [5.74, 6) is -2.99. The molecule has 0 spiro atoms. The van der Waals surface area contributed by atoms with Crippen molar-refractivity contribution in [2.24, 2.45) is 7.05 Å². The first-order chi connectivity index (χ1) is 18.2. The van der Waals surface area contributed by atoms with Gasteiger partial charge in [-0.05, 0) is 24.6 Å². The summed E-state index contributed by atoms with van der Waals surface area (Å²) in [6, 6.07) is 15.8. The largest absolute Gasteiger partial charge is 0.481 e. The summed E-state index contributed by atoms with van der Waals surface area (Å²) < 4.78 is 37.9. The lowest BCUT2D eigenvalue weighted by Crippen LogP contribution is -2.18. The fourth-order valence-corrected chi connectivity index (χ4v) is 6.45. The number of aryl methyl sites for hydroxylation is 1. The van der Waals surface area contributed by atoms with E-state index in [-0.39, 0.29) is 11.1 Å². The summed E-state index contributed by atoms with van der Waals surface area (Å²) in [6.07, 6.45) is -0.00741. The predicted molar refractivity (Wildman–Crippen MR) is 144 cm³/mol. The number of anilines is 1. The Morgan fingerprint density at radius 2 is 1.68 bits per heavy atom. The number of aliphatic carboxylic acids is 1. The summed E-state index contributed by atoms with van der Waals surface area (Å²) in [5.41, 5.74) is 1.44. The number of ether oxygens (including phenoxy) is 1. The minimum Gasteiger partial charge on any atom is -0.481 e. The lowest BCUT2D eigenvalue weighted by atomic mass is 10.1. The van der Waals surface area contributed by atoms with Crippen molar-refractivity contribution in [1.29, 1.82) is 0 Å². The van der Waals surface area contributed by atoms with Gasteiger partial charge >= 0.3 is 12.1 Å². The van der Waals surface area contributed by atoms with Crippen LogP contribution in [0, 0.1) is 11.6 Å². The highest BCUT2D eigenvalue weighted by Gasteiger charge is 2.21. The van der Waals surface area contributed by atoms with E-state index in [2.05, 4.69) is 10.4 Å². The Hall–Kier alpha value is -4.09. The molecule has 3 heterocycles. The molecule has 1 atom stereocenters.